The fraction of sp³-hybridized carbons (Fsp3) is 0.583. The number of pyridine rings is 1. The molecule has 1 fully saturated rings. The Bertz CT molecular complexity index is 308. The summed E-state index contributed by atoms with van der Waals surface area (Å²) in [6.07, 6.45) is 7.66. The second-order valence-corrected chi connectivity index (χ2v) is 4.02. The highest BCUT2D eigenvalue weighted by Gasteiger charge is 2.12. The van der Waals surface area contributed by atoms with Crippen LogP contribution in [0, 0.1) is 0 Å². The average Bonchev–Trinajstić information content (AvgIpc) is 2.31. The van der Waals surface area contributed by atoms with Crippen LogP contribution in [0.3, 0.4) is 0 Å². The molecule has 1 saturated heterocycles. The number of aromatic nitrogens is 1. The maximum atomic E-state index is 5.30. The van der Waals surface area contributed by atoms with Crippen LogP contribution in [0.5, 0.6) is 5.75 Å². The molecule has 0 spiro atoms. The molecule has 0 aliphatic carbocycles. The van der Waals surface area contributed by atoms with E-state index in [-0.39, 0.29) is 0 Å². The lowest BCUT2D eigenvalue weighted by molar-refractivity contribution is 0.218. The lowest BCUT2D eigenvalue weighted by Gasteiger charge is -2.26. The number of piperidine rings is 1. The van der Waals surface area contributed by atoms with E-state index in [1.807, 2.05) is 12.3 Å². The van der Waals surface area contributed by atoms with Crippen LogP contribution in [0.4, 0.5) is 0 Å². The van der Waals surface area contributed by atoms with Crippen molar-refractivity contribution in [2.45, 2.75) is 25.8 Å². The maximum Gasteiger partial charge on any atom is 0.141 e. The summed E-state index contributed by atoms with van der Waals surface area (Å²) in [5.74, 6) is 0.906. The van der Waals surface area contributed by atoms with Crippen molar-refractivity contribution < 1.29 is 4.74 Å². The van der Waals surface area contributed by atoms with Crippen LogP contribution < -0.4 is 4.74 Å². The molecule has 1 aliphatic rings. The highest BCUT2D eigenvalue weighted by Crippen LogP contribution is 2.19. The van der Waals surface area contributed by atoms with Crippen molar-refractivity contribution >= 4 is 0 Å². The number of rotatable bonds is 3. The lowest BCUT2D eigenvalue weighted by Crippen LogP contribution is -2.29. The standard InChI is InChI=1S/C12H18N2O/c1-15-12-9-13-6-5-11(12)10-14-7-3-2-4-8-14/h5-6,9H,2-4,7-8,10H2,1H3. The van der Waals surface area contributed by atoms with Crippen molar-refractivity contribution in [2.24, 2.45) is 0 Å². The van der Waals surface area contributed by atoms with Crippen molar-refractivity contribution in [1.29, 1.82) is 0 Å². The Morgan fingerprint density at radius 2 is 2.13 bits per heavy atom. The van der Waals surface area contributed by atoms with Gasteiger partial charge in [-0.3, -0.25) is 9.88 Å². The van der Waals surface area contributed by atoms with Crippen LogP contribution in [-0.2, 0) is 6.54 Å². The Morgan fingerprint density at radius 3 is 2.87 bits per heavy atom. The number of ether oxygens (including phenoxy) is 1. The molecule has 15 heavy (non-hydrogen) atoms. The van der Waals surface area contributed by atoms with Crippen LogP contribution in [0.1, 0.15) is 24.8 Å². The van der Waals surface area contributed by atoms with Gasteiger partial charge < -0.3 is 4.74 Å². The smallest absolute Gasteiger partial charge is 0.141 e. The summed E-state index contributed by atoms with van der Waals surface area (Å²) in [5.41, 5.74) is 1.24. The summed E-state index contributed by atoms with van der Waals surface area (Å²) < 4.78 is 5.30. The number of hydrogen-bond donors (Lipinski definition) is 0. The van der Waals surface area contributed by atoms with Crippen LogP contribution in [0.25, 0.3) is 0 Å². The molecule has 0 N–H and O–H groups in total. The van der Waals surface area contributed by atoms with Gasteiger partial charge in [0.1, 0.15) is 5.75 Å². The second-order valence-electron chi connectivity index (χ2n) is 4.02. The van der Waals surface area contributed by atoms with Gasteiger partial charge in [-0.05, 0) is 32.0 Å². The Morgan fingerprint density at radius 1 is 1.33 bits per heavy atom. The molecule has 1 aromatic rings. The summed E-state index contributed by atoms with van der Waals surface area (Å²) in [5, 5.41) is 0. The summed E-state index contributed by atoms with van der Waals surface area (Å²) in [6, 6.07) is 2.05. The molecule has 2 rings (SSSR count). The van der Waals surface area contributed by atoms with E-state index in [9.17, 15) is 0 Å². The SMILES string of the molecule is COc1cnccc1CN1CCCCC1. The van der Waals surface area contributed by atoms with E-state index < -0.39 is 0 Å². The van der Waals surface area contributed by atoms with Crippen LogP contribution in [-0.4, -0.2) is 30.1 Å². The van der Waals surface area contributed by atoms with E-state index in [0.717, 1.165) is 12.3 Å². The average molecular weight is 206 g/mol. The van der Waals surface area contributed by atoms with Crippen molar-refractivity contribution in [3.8, 4) is 5.75 Å². The fourth-order valence-electron chi connectivity index (χ4n) is 2.08. The van der Waals surface area contributed by atoms with Crippen LogP contribution in [0.15, 0.2) is 18.5 Å². The topological polar surface area (TPSA) is 25.4 Å². The van der Waals surface area contributed by atoms with Gasteiger partial charge in [0, 0.05) is 18.3 Å². The molecule has 0 bridgehead atoms. The molecule has 0 atom stereocenters. The molecule has 2 heterocycles. The summed E-state index contributed by atoms with van der Waals surface area (Å²) in [7, 11) is 1.71. The van der Waals surface area contributed by atoms with Gasteiger partial charge in [-0.2, -0.15) is 0 Å². The van der Waals surface area contributed by atoms with Crippen molar-refractivity contribution in [2.75, 3.05) is 20.2 Å². The highest BCUT2D eigenvalue weighted by atomic mass is 16.5. The van der Waals surface area contributed by atoms with Gasteiger partial charge in [0.25, 0.3) is 0 Å². The first-order valence-corrected chi connectivity index (χ1v) is 5.59. The van der Waals surface area contributed by atoms with Crippen LogP contribution in [0.2, 0.25) is 0 Å². The Kier molecular flexibility index (Phi) is 3.56. The predicted octanol–water partition coefficient (Wildman–Crippen LogP) is 2.08. The molecule has 0 amide bonds. The van der Waals surface area contributed by atoms with Gasteiger partial charge in [-0.1, -0.05) is 6.42 Å². The highest BCUT2D eigenvalue weighted by molar-refractivity contribution is 5.29. The quantitative estimate of drug-likeness (QED) is 0.757. The first kappa shape index (κ1) is 10.4. The third-order valence-electron chi connectivity index (χ3n) is 2.93. The van der Waals surface area contributed by atoms with Crippen LogP contribution >= 0.6 is 0 Å². The maximum absolute atomic E-state index is 5.30. The summed E-state index contributed by atoms with van der Waals surface area (Å²) in [6.45, 7) is 3.42. The molecule has 0 unspecified atom stereocenters. The molecule has 0 aromatic carbocycles. The zero-order valence-electron chi connectivity index (χ0n) is 9.28. The van der Waals surface area contributed by atoms with Gasteiger partial charge in [0.15, 0.2) is 0 Å². The van der Waals surface area contributed by atoms with Gasteiger partial charge in [-0.15, -0.1) is 0 Å². The fourth-order valence-corrected chi connectivity index (χ4v) is 2.08. The second kappa shape index (κ2) is 5.12. The minimum atomic E-state index is 0.906. The molecule has 0 saturated carbocycles. The normalized spacial score (nSPS) is 17.7. The molecular weight excluding hydrogens is 188 g/mol. The third-order valence-corrected chi connectivity index (χ3v) is 2.93. The first-order chi connectivity index (χ1) is 7.40. The Labute approximate surface area is 91.1 Å². The summed E-state index contributed by atoms with van der Waals surface area (Å²) in [4.78, 5) is 6.55. The number of hydrogen-bond acceptors (Lipinski definition) is 3. The number of nitrogens with zero attached hydrogens (tertiary/aromatic N) is 2. The molecule has 1 aromatic heterocycles. The van der Waals surface area contributed by atoms with Gasteiger partial charge in [-0.25, -0.2) is 0 Å². The zero-order valence-corrected chi connectivity index (χ0v) is 9.28. The molecule has 3 heteroatoms. The molecule has 82 valence electrons. The third kappa shape index (κ3) is 2.69. The molecule has 3 nitrogen and oxygen atoms in total. The first-order valence-electron chi connectivity index (χ1n) is 5.59. The zero-order chi connectivity index (χ0) is 10.5. The summed E-state index contributed by atoms with van der Waals surface area (Å²) >= 11 is 0. The van der Waals surface area contributed by atoms with Crippen molar-refractivity contribution in [3.05, 3.63) is 24.0 Å². The minimum Gasteiger partial charge on any atom is -0.495 e. The Balaban J connectivity index is 2.02. The largest absolute Gasteiger partial charge is 0.495 e. The number of likely N-dealkylation sites (tertiary alicyclic amines) is 1. The predicted molar refractivity (Wildman–Crippen MR) is 59.9 cm³/mol. The van der Waals surface area contributed by atoms with E-state index in [4.69, 9.17) is 4.74 Å². The van der Waals surface area contributed by atoms with E-state index >= 15 is 0 Å². The number of methoxy groups -OCH3 is 1. The van der Waals surface area contributed by atoms with E-state index in [1.54, 1.807) is 13.3 Å². The van der Waals surface area contributed by atoms with E-state index in [2.05, 4.69) is 9.88 Å². The molecule has 0 radical (unpaired) electrons. The van der Waals surface area contributed by atoms with Gasteiger partial charge >= 0.3 is 0 Å². The molecular formula is C12H18N2O. The van der Waals surface area contributed by atoms with Crippen molar-refractivity contribution in [1.82, 2.24) is 9.88 Å². The van der Waals surface area contributed by atoms with E-state index in [1.165, 1.54) is 37.9 Å². The minimum absolute atomic E-state index is 0.906. The lowest BCUT2D eigenvalue weighted by atomic mass is 10.1. The molecule has 1 aliphatic heterocycles. The van der Waals surface area contributed by atoms with E-state index in [0.29, 0.717) is 0 Å². The van der Waals surface area contributed by atoms with Crippen molar-refractivity contribution in [3.63, 3.8) is 0 Å². The van der Waals surface area contributed by atoms with Gasteiger partial charge in [0.05, 0.1) is 13.3 Å². The Hall–Kier alpha value is -1.09. The van der Waals surface area contributed by atoms with Gasteiger partial charge in [0.2, 0.25) is 0 Å². The monoisotopic (exact) mass is 206 g/mol.